The normalized spacial score (nSPS) is 16.8. The molecule has 7 N–H and O–H groups in total. The van der Waals surface area contributed by atoms with Gasteiger partial charge in [0, 0.05) is 0 Å². The third-order valence-corrected chi connectivity index (χ3v) is 6.17. The van der Waals surface area contributed by atoms with Gasteiger partial charge in [0.1, 0.15) is 11.8 Å². The molecule has 0 fully saturated rings. The number of aliphatic carboxylic acids is 1. The lowest BCUT2D eigenvalue weighted by molar-refractivity contribution is -0.145. The van der Waals surface area contributed by atoms with Crippen LogP contribution in [0.2, 0.25) is 0 Å². The summed E-state index contributed by atoms with van der Waals surface area (Å²) in [5, 5.41) is 11.7. The van der Waals surface area contributed by atoms with Crippen LogP contribution in [0.1, 0.15) is 44.7 Å². The average Bonchev–Trinajstić information content (AvgIpc) is 2.64. The zero-order chi connectivity index (χ0) is 21.3. The number of unbranched alkanes of at least 4 members (excludes halogenated alkanes) is 1. The van der Waals surface area contributed by atoms with Gasteiger partial charge in [0.2, 0.25) is 5.91 Å². The van der Waals surface area contributed by atoms with Gasteiger partial charge in [0.25, 0.3) is 0 Å². The summed E-state index contributed by atoms with van der Waals surface area (Å²) in [5.74, 6) is -3.80. The van der Waals surface area contributed by atoms with Crippen molar-refractivity contribution in [2.24, 2.45) is 17.4 Å². The number of carboxylic acids is 1. The van der Waals surface area contributed by atoms with E-state index in [0.717, 1.165) is 0 Å². The molecule has 0 spiro atoms. The number of hydrogen-bond donors (Lipinski definition) is 5. The highest BCUT2D eigenvalue weighted by molar-refractivity contribution is 7.53. The molecule has 1 aromatic rings. The zero-order valence-electron chi connectivity index (χ0n) is 16.2. The van der Waals surface area contributed by atoms with E-state index in [4.69, 9.17) is 16.0 Å². The van der Waals surface area contributed by atoms with Crippen molar-refractivity contribution in [1.29, 1.82) is 0 Å². The van der Waals surface area contributed by atoms with E-state index in [1.54, 1.807) is 44.2 Å². The van der Waals surface area contributed by atoms with Crippen molar-refractivity contribution in [2.75, 3.05) is 6.54 Å². The van der Waals surface area contributed by atoms with E-state index >= 15 is 0 Å². The Morgan fingerprint density at radius 1 is 1.21 bits per heavy atom. The third-order valence-electron chi connectivity index (χ3n) is 4.19. The lowest BCUT2D eigenvalue weighted by atomic mass is 10.1. The van der Waals surface area contributed by atoms with Crippen molar-refractivity contribution < 1.29 is 28.7 Å². The maximum atomic E-state index is 12.8. The summed E-state index contributed by atoms with van der Waals surface area (Å²) in [5.41, 5.74) is 11.9. The van der Waals surface area contributed by atoms with E-state index in [0.29, 0.717) is 24.9 Å². The van der Waals surface area contributed by atoms with E-state index < -0.39 is 43.3 Å². The highest BCUT2D eigenvalue weighted by atomic mass is 31.2. The van der Waals surface area contributed by atoms with Gasteiger partial charge in [-0.2, -0.15) is 0 Å². The second kappa shape index (κ2) is 11.3. The molecule has 9 nitrogen and oxygen atoms in total. The standard InChI is InChI=1S/C18H30N3O6P/c1-12(2)17(21-16(22)15(20)13-8-4-3-5-9-13)28(25,26)27-14(18(23)24)10-6-7-11-19/h3-5,8-9,12,14-15,17H,6-7,10-11,19-20H2,1-2H3,(H,21,22)(H,23,24)(H,25,26)/t14?,15?,17-/m0/s1. The average molecular weight is 415 g/mol. The summed E-state index contributed by atoms with van der Waals surface area (Å²) < 4.78 is 17.9. The minimum absolute atomic E-state index is 0.0410. The fourth-order valence-electron chi connectivity index (χ4n) is 2.62. The molecule has 4 atom stereocenters. The smallest absolute Gasteiger partial charge is 0.351 e. The summed E-state index contributed by atoms with van der Waals surface area (Å²) in [6, 6.07) is 7.52. The van der Waals surface area contributed by atoms with Crippen molar-refractivity contribution >= 4 is 19.5 Å². The molecule has 0 aromatic heterocycles. The maximum absolute atomic E-state index is 12.8. The van der Waals surface area contributed by atoms with Crippen LogP contribution in [-0.2, 0) is 18.7 Å². The number of rotatable bonds is 12. The van der Waals surface area contributed by atoms with E-state index in [1.165, 1.54) is 0 Å². The van der Waals surface area contributed by atoms with Crippen LogP contribution in [0.4, 0.5) is 0 Å². The molecule has 1 rings (SSSR count). The maximum Gasteiger partial charge on any atom is 0.351 e. The quantitative estimate of drug-likeness (QED) is 0.253. The van der Waals surface area contributed by atoms with Gasteiger partial charge in [0.15, 0.2) is 6.10 Å². The van der Waals surface area contributed by atoms with Crippen LogP contribution in [0.25, 0.3) is 0 Å². The monoisotopic (exact) mass is 415 g/mol. The molecule has 1 aromatic carbocycles. The van der Waals surface area contributed by atoms with E-state index in [1.807, 2.05) is 0 Å². The summed E-state index contributed by atoms with van der Waals surface area (Å²) in [6.45, 7) is 3.62. The fraction of sp³-hybridized carbons (Fsp3) is 0.556. The summed E-state index contributed by atoms with van der Waals surface area (Å²) in [7, 11) is -4.50. The van der Waals surface area contributed by atoms with Crippen LogP contribution < -0.4 is 16.8 Å². The number of carbonyl (C=O) groups excluding carboxylic acids is 1. The first-order valence-corrected chi connectivity index (χ1v) is 10.8. The molecule has 3 unspecified atom stereocenters. The van der Waals surface area contributed by atoms with Crippen molar-refractivity contribution in [3.63, 3.8) is 0 Å². The van der Waals surface area contributed by atoms with E-state index in [-0.39, 0.29) is 6.42 Å². The zero-order valence-corrected chi connectivity index (χ0v) is 17.0. The van der Waals surface area contributed by atoms with Crippen LogP contribution in [0.3, 0.4) is 0 Å². The molecule has 10 heteroatoms. The number of benzene rings is 1. The van der Waals surface area contributed by atoms with Crippen molar-refractivity contribution in [3.05, 3.63) is 35.9 Å². The topological polar surface area (TPSA) is 165 Å². The minimum atomic E-state index is -4.50. The second-order valence-electron chi connectivity index (χ2n) is 6.87. The first kappa shape index (κ1) is 24.3. The number of nitrogens with one attached hydrogen (secondary N) is 1. The molecule has 0 saturated carbocycles. The van der Waals surface area contributed by atoms with Crippen LogP contribution >= 0.6 is 7.60 Å². The molecule has 0 bridgehead atoms. The Morgan fingerprint density at radius 3 is 2.32 bits per heavy atom. The van der Waals surface area contributed by atoms with Crippen LogP contribution in [0, 0.1) is 5.92 Å². The van der Waals surface area contributed by atoms with Crippen molar-refractivity contribution in [3.8, 4) is 0 Å². The SMILES string of the molecule is CC(C)[C@@H](NC(=O)C(N)c1ccccc1)P(=O)(O)OC(CCCCN)C(=O)O. The number of carboxylic acid groups (broad SMARTS) is 1. The van der Waals surface area contributed by atoms with Gasteiger partial charge < -0.3 is 26.8 Å². The van der Waals surface area contributed by atoms with Crippen molar-refractivity contribution in [1.82, 2.24) is 5.32 Å². The van der Waals surface area contributed by atoms with Gasteiger partial charge in [-0.3, -0.25) is 13.9 Å². The molecule has 0 aliphatic heterocycles. The fourth-order valence-corrected chi connectivity index (χ4v) is 4.35. The summed E-state index contributed by atoms with van der Waals surface area (Å²) in [4.78, 5) is 34.3. The molecule has 1 amide bonds. The summed E-state index contributed by atoms with van der Waals surface area (Å²) in [6.07, 6.45) is -0.424. The third kappa shape index (κ3) is 7.33. The number of hydrogen-bond acceptors (Lipinski definition) is 6. The molecular formula is C18H30N3O6P. The van der Waals surface area contributed by atoms with Gasteiger partial charge in [-0.25, -0.2) is 4.79 Å². The first-order chi connectivity index (χ1) is 13.1. The number of amides is 1. The van der Waals surface area contributed by atoms with E-state index in [2.05, 4.69) is 5.32 Å². The Bertz CT molecular complexity index is 685. The highest BCUT2D eigenvalue weighted by Gasteiger charge is 2.40. The predicted octanol–water partition coefficient (Wildman–Crippen LogP) is 1.57. The molecular weight excluding hydrogens is 385 g/mol. The molecule has 0 heterocycles. The van der Waals surface area contributed by atoms with E-state index in [9.17, 15) is 24.2 Å². The Hall–Kier alpha value is -1.77. The minimum Gasteiger partial charge on any atom is -0.479 e. The highest BCUT2D eigenvalue weighted by Crippen LogP contribution is 2.50. The van der Waals surface area contributed by atoms with Gasteiger partial charge >= 0.3 is 13.6 Å². The second-order valence-corrected chi connectivity index (χ2v) is 8.76. The predicted molar refractivity (Wildman–Crippen MR) is 105 cm³/mol. The van der Waals surface area contributed by atoms with Gasteiger partial charge in [0.05, 0.1) is 0 Å². The van der Waals surface area contributed by atoms with Crippen LogP contribution in [0.15, 0.2) is 30.3 Å². The largest absolute Gasteiger partial charge is 0.479 e. The van der Waals surface area contributed by atoms with Gasteiger partial charge in [-0.1, -0.05) is 44.2 Å². The summed E-state index contributed by atoms with van der Waals surface area (Å²) >= 11 is 0. The number of nitrogens with two attached hydrogens (primary N) is 2. The Balaban J connectivity index is 2.90. The lowest BCUT2D eigenvalue weighted by Crippen LogP contribution is -2.44. The van der Waals surface area contributed by atoms with Gasteiger partial charge in [-0.05, 0) is 37.3 Å². The molecule has 158 valence electrons. The molecule has 0 aliphatic carbocycles. The molecule has 0 radical (unpaired) electrons. The Labute approximate surface area is 165 Å². The Morgan fingerprint density at radius 2 is 1.82 bits per heavy atom. The first-order valence-electron chi connectivity index (χ1n) is 9.14. The number of carbonyl (C=O) groups is 2. The molecule has 0 aliphatic rings. The lowest BCUT2D eigenvalue weighted by Gasteiger charge is -2.29. The Kier molecular flexibility index (Phi) is 9.78. The van der Waals surface area contributed by atoms with Crippen molar-refractivity contribution in [2.45, 2.75) is 51.0 Å². The van der Waals surface area contributed by atoms with Crippen LogP contribution in [0.5, 0.6) is 0 Å². The van der Waals surface area contributed by atoms with Gasteiger partial charge in [-0.15, -0.1) is 0 Å². The molecule has 28 heavy (non-hydrogen) atoms. The molecule has 0 saturated heterocycles. The van der Waals surface area contributed by atoms with Crippen LogP contribution in [-0.4, -0.2) is 40.3 Å².